The minimum Gasteiger partial charge on any atom is -0.497 e. The molecule has 0 saturated heterocycles. The number of nitrogens with zero attached hydrogens (tertiary/aromatic N) is 2. The lowest BCUT2D eigenvalue weighted by Crippen LogP contribution is -2.24. The van der Waals surface area contributed by atoms with E-state index < -0.39 is 5.82 Å². The monoisotopic (exact) mass is 443 g/mol. The third kappa shape index (κ3) is 4.22. The van der Waals surface area contributed by atoms with Crippen LogP contribution in [0.25, 0.3) is 5.69 Å². The zero-order chi connectivity index (χ0) is 21.1. The Bertz CT molecular complexity index is 1170. The van der Waals surface area contributed by atoms with Crippen molar-refractivity contribution in [3.05, 3.63) is 70.4 Å². The lowest BCUT2D eigenvalue weighted by molar-refractivity contribution is -0.113. The van der Waals surface area contributed by atoms with Crippen LogP contribution in [0.1, 0.15) is 5.69 Å². The smallest absolute Gasteiger partial charge is 0.272 e. The van der Waals surface area contributed by atoms with Crippen LogP contribution in [0.5, 0.6) is 5.75 Å². The average molecular weight is 444 g/mol. The Morgan fingerprint density at radius 3 is 2.93 bits per heavy atom. The topological polar surface area (TPSA) is 73.2 Å². The van der Waals surface area contributed by atoms with Crippen LogP contribution in [-0.4, -0.2) is 34.1 Å². The van der Waals surface area contributed by atoms with Gasteiger partial charge in [0.1, 0.15) is 11.6 Å². The summed E-state index contributed by atoms with van der Waals surface area (Å²) in [5.41, 5.74) is 1.32. The number of amides is 1. The average Bonchev–Trinajstić information content (AvgIpc) is 3.23. The first-order valence-electron chi connectivity index (χ1n) is 9.17. The molecule has 1 N–H and O–H groups in total. The highest BCUT2D eigenvalue weighted by Crippen LogP contribution is 2.30. The van der Waals surface area contributed by atoms with Gasteiger partial charge in [-0.05, 0) is 24.3 Å². The Labute approximate surface area is 180 Å². The molecule has 1 amide bonds. The Hall–Kier alpha value is -2.78. The molecule has 0 unspecified atom stereocenters. The standard InChI is InChI=1S/C21H18FN3O3S2/c1-28-14-6-4-5-13(11-14)25-20(27)19-17(9-10-29-19)24-21(25)30-12-18(26)23-16-8-3-2-7-15(16)22/h2-8,11H,9-10,12H2,1H3,(H,23,26). The first kappa shape index (κ1) is 20.5. The molecule has 3 aromatic rings. The van der Waals surface area contributed by atoms with Crippen molar-refractivity contribution in [2.45, 2.75) is 16.5 Å². The van der Waals surface area contributed by atoms with Crippen molar-refractivity contribution < 1.29 is 13.9 Å². The number of rotatable bonds is 6. The van der Waals surface area contributed by atoms with Gasteiger partial charge in [-0.2, -0.15) is 0 Å². The summed E-state index contributed by atoms with van der Waals surface area (Å²) in [4.78, 5) is 30.8. The molecule has 6 nitrogen and oxygen atoms in total. The van der Waals surface area contributed by atoms with Gasteiger partial charge >= 0.3 is 0 Å². The van der Waals surface area contributed by atoms with Crippen molar-refractivity contribution in [1.82, 2.24) is 9.55 Å². The number of methoxy groups -OCH3 is 1. The molecule has 1 aliphatic rings. The van der Waals surface area contributed by atoms with E-state index in [0.29, 0.717) is 27.9 Å². The van der Waals surface area contributed by atoms with Gasteiger partial charge in [0.2, 0.25) is 5.91 Å². The highest BCUT2D eigenvalue weighted by atomic mass is 32.2. The van der Waals surface area contributed by atoms with Gasteiger partial charge in [-0.15, -0.1) is 11.8 Å². The minimum absolute atomic E-state index is 0.0172. The number of anilines is 1. The highest BCUT2D eigenvalue weighted by Gasteiger charge is 2.23. The molecule has 9 heteroatoms. The van der Waals surface area contributed by atoms with Crippen LogP contribution in [0.3, 0.4) is 0 Å². The van der Waals surface area contributed by atoms with Crippen LogP contribution >= 0.6 is 23.5 Å². The maximum atomic E-state index is 13.8. The van der Waals surface area contributed by atoms with Gasteiger partial charge in [0.15, 0.2) is 5.16 Å². The molecule has 0 bridgehead atoms. The van der Waals surface area contributed by atoms with Crippen LogP contribution in [0.15, 0.2) is 63.4 Å². The fourth-order valence-corrected chi connectivity index (χ4v) is 4.90. The normalized spacial score (nSPS) is 12.5. The largest absolute Gasteiger partial charge is 0.497 e. The number of ether oxygens (including phenoxy) is 1. The molecule has 0 aliphatic carbocycles. The van der Waals surface area contributed by atoms with Crippen LogP contribution in [-0.2, 0) is 11.2 Å². The molecular weight excluding hydrogens is 425 g/mol. The van der Waals surface area contributed by atoms with Gasteiger partial charge < -0.3 is 10.1 Å². The molecule has 0 spiro atoms. The van der Waals surface area contributed by atoms with Crippen LogP contribution in [0.2, 0.25) is 0 Å². The van der Waals surface area contributed by atoms with Gasteiger partial charge in [0.25, 0.3) is 5.56 Å². The van der Waals surface area contributed by atoms with Crippen molar-refractivity contribution in [2.75, 3.05) is 23.9 Å². The second-order valence-corrected chi connectivity index (χ2v) is 8.48. The molecule has 4 rings (SSSR count). The first-order chi connectivity index (χ1) is 14.6. The third-order valence-corrected chi connectivity index (χ3v) is 6.50. The van der Waals surface area contributed by atoms with E-state index in [1.807, 2.05) is 0 Å². The van der Waals surface area contributed by atoms with Crippen LogP contribution < -0.4 is 15.6 Å². The van der Waals surface area contributed by atoms with E-state index in [-0.39, 0.29) is 22.9 Å². The molecule has 2 heterocycles. The fourth-order valence-electron chi connectivity index (χ4n) is 3.05. The summed E-state index contributed by atoms with van der Waals surface area (Å²) in [6.45, 7) is 0. The fraction of sp³-hybridized carbons (Fsp3) is 0.190. The molecule has 1 aliphatic heterocycles. The van der Waals surface area contributed by atoms with Crippen molar-refractivity contribution in [3.8, 4) is 11.4 Å². The number of benzene rings is 2. The Morgan fingerprint density at radius 1 is 1.30 bits per heavy atom. The van der Waals surface area contributed by atoms with E-state index in [9.17, 15) is 14.0 Å². The zero-order valence-corrected chi connectivity index (χ0v) is 17.7. The zero-order valence-electron chi connectivity index (χ0n) is 16.1. The van der Waals surface area contributed by atoms with Crippen molar-refractivity contribution in [2.24, 2.45) is 0 Å². The summed E-state index contributed by atoms with van der Waals surface area (Å²) in [6.07, 6.45) is 0.711. The molecule has 30 heavy (non-hydrogen) atoms. The van der Waals surface area contributed by atoms with Crippen LogP contribution in [0, 0.1) is 5.82 Å². The van der Waals surface area contributed by atoms with E-state index in [4.69, 9.17) is 4.74 Å². The predicted octanol–water partition coefficient (Wildman–Crippen LogP) is 3.76. The molecule has 0 saturated carbocycles. The van der Waals surface area contributed by atoms with E-state index in [2.05, 4.69) is 10.3 Å². The lowest BCUT2D eigenvalue weighted by Gasteiger charge is -2.14. The number of hydrogen-bond acceptors (Lipinski definition) is 6. The summed E-state index contributed by atoms with van der Waals surface area (Å²) in [5, 5.41) is 2.97. The molecule has 154 valence electrons. The third-order valence-electron chi connectivity index (χ3n) is 4.46. The number of carbonyl (C=O) groups excluding carboxylic acids is 1. The Kier molecular flexibility index (Phi) is 6.10. The van der Waals surface area contributed by atoms with E-state index in [1.165, 1.54) is 28.5 Å². The lowest BCUT2D eigenvalue weighted by atomic mass is 10.3. The van der Waals surface area contributed by atoms with Crippen molar-refractivity contribution >= 4 is 35.1 Å². The van der Waals surface area contributed by atoms with Crippen molar-refractivity contribution in [1.29, 1.82) is 0 Å². The van der Waals surface area contributed by atoms with E-state index >= 15 is 0 Å². The number of carbonyl (C=O) groups is 1. The maximum Gasteiger partial charge on any atom is 0.272 e. The summed E-state index contributed by atoms with van der Waals surface area (Å²) < 4.78 is 20.6. The number of aryl methyl sites for hydroxylation is 1. The molecule has 0 atom stereocenters. The number of halogens is 1. The molecular formula is C21H18FN3O3S2. The molecule has 0 radical (unpaired) electrons. The van der Waals surface area contributed by atoms with Gasteiger partial charge in [0.05, 0.1) is 34.8 Å². The Balaban J connectivity index is 1.64. The summed E-state index contributed by atoms with van der Waals surface area (Å²) in [7, 11) is 1.56. The van der Waals surface area contributed by atoms with Crippen molar-refractivity contribution in [3.63, 3.8) is 0 Å². The summed E-state index contributed by atoms with van der Waals surface area (Å²) >= 11 is 2.63. The van der Waals surface area contributed by atoms with Gasteiger partial charge in [-0.1, -0.05) is 30.0 Å². The second-order valence-electron chi connectivity index (χ2n) is 6.43. The number of para-hydroxylation sites is 1. The second kappa shape index (κ2) is 8.93. The van der Waals surface area contributed by atoms with Gasteiger partial charge in [0, 0.05) is 18.2 Å². The van der Waals surface area contributed by atoms with Crippen LogP contribution in [0.4, 0.5) is 10.1 Å². The van der Waals surface area contributed by atoms with Gasteiger partial charge in [-0.3, -0.25) is 14.2 Å². The quantitative estimate of drug-likeness (QED) is 0.462. The minimum atomic E-state index is -0.503. The maximum absolute atomic E-state index is 13.8. The summed E-state index contributed by atoms with van der Waals surface area (Å²) in [6, 6.07) is 13.1. The van der Waals surface area contributed by atoms with E-state index in [0.717, 1.165) is 23.2 Å². The Morgan fingerprint density at radius 2 is 2.13 bits per heavy atom. The molecule has 1 aromatic heterocycles. The first-order valence-corrected chi connectivity index (χ1v) is 11.1. The number of nitrogens with one attached hydrogen (secondary N) is 1. The summed E-state index contributed by atoms with van der Waals surface area (Å²) in [5.74, 6) is 0.512. The SMILES string of the molecule is COc1cccc(-n2c(SCC(=O)Nc3ccccc3F)nc3c(c2=O)SCC3)c1. The van der Waals surface area contributed by atoms with E-state index in [1.54, 1.807) is 43.5 Å². The van der Waals surface area contributed by atoms with Gasteiger partial charge in [-0.25, -0.2) is 9.37 Å². The predicted molar refractivity (Wildman–Crippen MR) is 117 cm³/mol. The molecule has 2 aromatic carbocycles. The molecule has 0 fully saturated rings. The highest BCUT2D eigenvalue weighted by molar-refractivity contribution is 8.00. The number of fused-ring (bicyclic) bond motifs is 1. The number of hydrogen-bond donors (Lipinski definition) is 1. The number of aromatic nitrogens is 2. The number of thioether (sulfide) groups is 2.